The predicted octanol–water partition coefficient (Wildman–Crippen LogP) is 2.39. The van der Waals surface area contributed by atoms with Gasteiger partial charge in [-0.1, -0.05) is 24.3 Å². The molecule has 0 fully saturated rings. The second kappa shape index (κ2) is 4.71. The van der Waals surface area contributed by atoms with Gasteiger partial charge in [-0.25, -0.2) is 9.67 Å². The summed E-state index contributed by atoms with van der Waals surface area (Å²) in [6.07, 6.45) is 3.91. The molecule has 5 nitrogen and oxygen atoms in total. The first-order chi connectivity index (χ1) is 10.4. The molecule has 0 radical (unpaired) electrons. The van der Waals surface area contributed by atoms with Crippen LogP contribution in [-0.4, -0.2) is 26.2 Å². The first-order valence-electron chi connectivity index (χ1n) is 6.92. The van der Waals surface area contributed by atoms with Crippen LogP contribution >= 0.6 is 0 Å². The Morgan fingerprint density at radius 3 is 2.86 bits per heavy atom. The number of aromatic nitrogens is 4. The van der Waals surface area contributed by atoms with Gasteiger partial charge in [-0.3, -0.25) is 0 Å². The van der Waals surface area contributed by atoms with Crippen molar-refractivity contribution in [2.75, 3.05) is 7.05 Å². The minimum Gasteiger partial charge on any atom is -0.314 e. The standard InChI is InChI=1S/C16H15N5/c1-17-11-14-16(19-15-8-4-5-9-20(14)15)21-13-7-3-2-6-12(13)10-18-21/h2-10,17H,11H2,1H3. The number of imidazole rings is 1. The average Bonchev–Trinajstić information content (AvgIpc) is 3.09. The predicted molar refractivity (Wildman–Crippen MR) is 82.6 cm³/mol. The van der Waals surface area contributed by atoms with Gasteiger partial charge in [0, 0.05) is 18.1 Å². The quantitative estimate of drug-likeness (QED) is 0.625. The van der Waals surface area contributed by atoms with Crippen LogP contribution in [0.2, 0.25) is 0 Å². The number of para-hydroxylation sites is 1. The molecule has 104 valence electrons. The van der Waals surface area contributed by atoms with E-state index in [-0.39, 0.29) is 0 Å². The van der Waals surface area contributed by atoms with E-state index in [2.05, 4.69) is 26.9 Å². The second-order valence-corrected chi connectivity index (χ2v) is 4.96. The van der Waals surface area contributed by atoms with Gasteiger partial charge in [0.2, 0.25) is 0 Å². The van der Waals surface area contributed by atoms with E-state index in [0.29, 0.717) is 0 Å². The summed E-state index contributed by atoms with van der Waals surface area (Å²) >= 11 is 0. The zero-order valence-electron chi connectivity index (χ0n) is 11.7. The van der Waals surface area contributed by atoms with Gasteiger partial charge >= 0.3 is 0 Å². The highest BCUT2D eigenvalue weighted by Crippen LogP contribution is 2.21. The summed E-state index contributed by atoms with van der Waals surface area (Å²) in [4.78, 5) is 4.75. The van der Waals surface area contributed by atoms with E-state index in [1.165, 1.54) is 0 Å². The van der Waals surface area contributed by atoms with Crippen molar-refractivity contribution < 1.29 is 0 Å². The second-order valence-electron chi connectivity index (χ2n) is 4.96. The van der Waals surface area contributed by atoms with Crippen molar-refractivity contribution in [1.82, 2.24) is 24.5 Å². The molecule has 1 aromatic carbocycles. The fourth-order valence-electron chi connectivity index (χ4n) is 2.68. The highest BCUT2D eigenvalue weighted by molar-refractivity contribution is 5.80. The molecule has 0 aliphatic carbocycles. The SMILES string of the molecule is CNCc1c(-n2ncc3ccccc32)nc2ccccn12. The largest absolute Gasteiger partial charge is 0.314 e. The van der Waals surface area contributed by atoms with Crippen LogP contribution in [0.4, 0.5) is 0 Å². The molecular weight excluding hydrogens is 262 g/mol. The van der Waals surface area contributed by atoms with Crippen LogP contribution < -0.4 is 5.32 Å². The molecule has 0 aliphatic heterocycles. The molecule has 3 heterocycles. The van der Waals surface area contributed by atoms with Crippen LogP contribution in [0, 0.1) is 0 Å². The van der Waals surface area contributed by atoms with Crippen molar-refractivity contribution in [3.63, 3.8) is 0 Å². The van der Waals surface area contributed by atoms with E-state index in [9.17, 15) is 0 Å². The summed E-state index contributed by atoms with van der Waals surface area (Å²) in [6.45, 7) is 0.731. The van der Waals surface area contributed by atoms with Gasteiger partial charge in [-0.05, 0) is 25.2 Å². The molecule has 0 spiro atoms. The number of pyridine rings is 1. The summed E-state index contributed by atoms with van der Waals surface area (Å²) in [5.41, 5.74) is 3.09. The maximum Gasteiger partial charge on any atom is 0.177 e. The normalized spacial score (nSPS) is 11.5. The van der Waals surface area contributed by atoms with E-state index in [4.69, 9.17) is 4.98 Å². The van der Waals surface area contributed by atoms with Crippen molar-refractivity contribution >= 4 is 16.6 Å². The highest BCUT2D eigenvalue weighted by Gasteiger charge is 2.15. The number of benzene rings is 1. The smallest absolute Gasteiger partial charge is 0.177 e. The van der Waals surface area contributed by atoms with Crippen molar-refractivity contribution in [3.05, 3.63) is 60.6 Å². The first-order valence-corrected chi connectivity index (χ1v) is 6.92. The first kappa shape index (κ1) is 12.1. The Morgan fingerprint density at radius 2 is 1.95 bits per heavy atom. The molecule has 0 saturated carbocycles. The van der Waals surface area contributed by atoms with Gasteiger partial charge in [0.05, 0.1) is 17.4 Å². The monoisotopic (exact) mass is 277 g/mol. The molecule has 21 heavy (non-hydrogen) atoms. The lowest BCUT2D eigenvalue weighted by Crippen LogP contribution is -2.11. The fraction of sp³-hybridized carbons (Fsp3) is 0.125. The molecule has 1 N–H and O–H groups in total. The number of hydrogen-bond donors (Lipinski definition) is 1. The van der Waals surface area contributed by atoms with Crippen LogP contribution in [0.25, 0.3) is 22.4 Å². The van der Waals surface area contributed by atoms with Crippen molar-refractivity contribution in [2.24, 2.45) is 0 Å². The Kier molecular flexibility index (Phi) is 2.72. The number of nitrogens with zero attached hydrogens (tertiary/aromatic N) is 4. The Hall–Kier alpha value is -2.66. The molecule has 4 rings (SSSR count). The number of fused-ring (bicyclic) bond motifs is 2. The van der Waals surface area contributed by atoms with Crippen LogP contribution in [0.15, 0.2) is 54.9 Å². The Bertz CT molecular complexity index is 919. The van der Waals surface area contributed by atoms with E-state index >= 15 is 0 Å². The van der Waals surface area contributed by atoms with Crippen LogP contribution in [0.5, 0.6) is 0 Å². The summed E-state index contributed by atoms with van der Waals surface area (Å²) in [6, 6.07) is 14.2. The summed E-state index contributed by atoms with van der Waals surface area (Å²) in [5, 5.41) is 8.84. The van der Waals surface area contributed by atoms with Gasteiger partial charge in [0.1, 0.15) is 5.65 Å². The lowest BCUT2D eigenvalue weighted by molar-refractivity contribution is 0.760. The lowest BCUT2D eigenvalue weighted by atomic mass is 10.2. The zero-order chi connectivity index (χ0) is 14.2. The Labute approximate surface area is 121 Å². The average molecular weight is 277 g/mol. The van der Waals surface area contributed by atoms with Gasteiger partial charge in [0.25, 0.3) is 0 Å². The van der Waals surface area contributed by atoms with Crippen LogP contribution in [-0.2, 0) is 6.54 Å². The highest BCUT2D eigenvalue weighted by atomic mass is 15.3. The van der Waals surface area contributed by atoms with Gasteiger partial charge in [0.15, 0.2) is 5.82 Å². The topological polar surface area (TPSA) is 47.2 Å². The third-order valence-electron chi connectivity index (χ3n) is 3.63. The Morgan fingerprint density at radius 1 is 1.10 bits per heavy atom. The maximum absolute atomic E-state index is 4.75. The van der Waals surface area contributed by atoms with Crippen molar-refractivity contribution in [3.8, 4) is 5.82 Å². The van der Waals surface area contributed by atoms with E-state index in [1.54, 1.807) is 0 Å². The molecule has 0 aliphatic rings. The Balaban J connectivity index is 2.03. The molecule has 5 heteroatoms. The minimum absolute atomic E-state index is 0.731. The fourth-order valence-corrected chi connectivity index (χ4v) is 2.68. The summed E-state index contributed by atoms with van der Waals surface area (Å²) in [5.74, 6) is 0.872. The van der Waals surface area contributed by atoms with E-state index < -0.39 is 0 Å². The third-order valence-corrected chi connectivity index (χ3v) is 3.63. The van der Waals surface area contributed by atoms with E-state index in [1.807, 2.05) is 54.5 Å². The van der Waals surface area contributed by atoms with Gasteiger partial charge in [-0.15, -0.1) is 0 Å². The van der Waals surface area contributed by atoms with Gasteiger partial charge in [-0.2, -0.15) is 5.10 Å². The molecule has 0 unspecified atom stereocenters. The maximum atomic E-state index is 4.75. The molecule has 0 amide bonds. The van der Waals surface area contributed by atoms with Crippen LogP contribution in [0.3, 0.4) is 0 Å². The molecule has 4 aromatic rings. The molecule has 0 saturated heterocycles. The zero-order valence-corrected chi connectivity index (χ0v) is 11.7. The molecule has 3 aromatic heterocycles. The number of hydrogen-bond acceptors (Lipinski definition) is 3. The molecular formula is C16H15N5. The van der Waals surface area contributed by atoms with E-state index in [0.717, 1.165) is 34.6 Å². The van der Waals surface area contributed by atoms with Gasteiger partial charge < -0.3 is 9.72 Å². The molecule has 0 bridgehead atoms. The minimum atomic E-state index is 0.731. The summed E-state index contributed by atoms with van der Waals surface area (Å²) in [7, 11) is 1.94. The third kappa shape index (κ3) is 1.82. The number of nitrogens with one attached hydrogen (secondary N) is 1. The molecule has 0 atom stereocenters. The van der Waals surface area contributed by atoms with Crippen molar-refractivity contribution in [2.45, 2.75) is 6.54 Å². The van der Waals surface area contributed by atoms with Crippen molar-refractivity contribution in [1.29, 1.82) is 0 Å². The summed E-state index contributed by atoms with van der Waals surface area (Å²) < 4.78 is 4.01. The number of rotatable bonds is 3. The lowest BCUT2D eigenvalue weighted by Gasteiger charge is -2.05. The van der Waals surface area contributed by atoms with Crippen LogP contribution in [0.1, 0.15) is 5.69 Å².